The van der Waals surface area contributed by atoms with E-state index in [1.165, 1.54) is 0 Å². The number of carbonyl (C=O) groups is 1. The fourth-order valence-electron chi connectivity index (χ4n) is 1.05. The summed E-state index contributed by atoms with van der Waals surface area (Å²) in [5.41, 5.74) is -0.0905. The Balaban J connectivity index is 2.70. The van der Waals surface area contributed by atoms with Crippen molar-refractivity contribution in [1.29, 1.82) is 0 Å². The minimum atomic E-state index is -0.778. The third kappa shape index (κ3) is 2.97. The van der Waals surface area contributed by atoms with Gasteiger partial charge in [-0.1, -0.05) is 0 Å². The van der Waals surface area contributed by atoms with Gasteiger partial charge in [-0.3, -0.25) is 4.79 Å². The topological polar surface area (TPSA) is 58.6 Å². The maximum absolute atomic E-state index is 11.7. The SMILES string of the molecule is COc1ccc(NC(=O)C(C)(C)CO)cc1. The molecule has 1 aromatic rings. The molecule has 2 N–H and O–H groups in total. The van der Waals surface area contributed by atoms with Crippen molar-refractivity contribution in [2.75, 3.05) is 19.0 Å². The molecule has 0 atom stereocenters. The number of anilines is 1. The van der Waals surface area contributed by atoms with E-state index in [1.807, 2.05) is 0 Å². The number of aliphatic hydroxyl groups is 1. The van der Waals surface area contributed by atoms with E-state index in [9.17, 15) is 4.79 Å². The van der Waals surface area contributed by atoms with Crippen molar-refractivity contribution in [3.8, 4) is 5.75 Å². The molecule has 1 rings (SSSR count). The average molecular weight is 223 g/mol. The highest BCUT2D eigenvalue weighted by molar-refractivity contribution is 5.94. The Morgan fingerprint density at radius 2 is 1.94 bits per heavy atom. The molecular weight excluding hydrogens is 206 g/mol. The second-order valence-electron chi connectivity index (χ2n) is 4.22. The first-order valence-corrected chi connectivity index (χ1v) is 5.06. The fourth-order valence-corrected chi connectivity index (χ4v) is 1.05. The maximum atomic E-state index is 11.7. The summed E-state index contributed by atoms with van der Waals surface area (Å²) < 4.78 is 5.01. The summed E-state index contributed by atoms with van der Waals surface area (Å²) >= 11 is 0. The Bertz CT molecular complexity index is 357. The molecule has 0 aromatic heterocycles. The lowest BCUT2D eigenvalue weighted by Crippen LogP contribution is -2.33. The van der Waals surface area contributed by atoms with E-state index in [2.05, 4.69) is 5.32 Å². The van der Waals surface area contributed by atoms with Crippen LogP contribution in [0.5, 0.6) is 5.75 Å². The lowest BCUT2D eigenvalue weighted by Gasteiger charge is -2.20. The maximum Gasteiger partial charge on any atom is 0.232 e. The lowest BCUT2D eigenvalue weighted by atomic mass is 9.93. The van der Waals surface area contributed by atoms with E-state index in [-0.39, 0.29) is 12.5 Å². The zero-order chi connectivity index (χ0) is 12.2. The van der Waals surface area contributed by atoms with Gasteiger partial charge in [0.05, 0.1) is 19.1 Å². The number of methoxy groups -OCH3 is 1. The Labute approximate surface area is 95.2 Å². The van der Waals surface area contributed by atoms with E-state index in [1.54, 1.807) is 45.2 Å². The molecule has 0 fully saturated rings. The number of aliphatic hydroxyl groups excluding tert-OH is 1. The molecule has 0 saturated carbocycles. The Hall–Kier alpha value is -1.55. The second kappa shape index (κ2) is 4.99. The van der Waals surface area contributed by atoms with Crippen LogP contribution in [0.3, 0.4) is 0 Å². The van der Waals surface area contributed by atoms with Crippen molar-refractivity contribution < 1.29 is 14.6 Å². The largest absolute Gasteiger partial charge is 0.497 e. The highest BCUT2D eigenvalue weighted by Crippen LogP contribution is 2.19. The van der Waals surface area contributed by atoms with Gasteiger partial charge >= 0.3 is 0 Å². The van der Waals surface area contributed by atoms with Gasteiger partial charge in [0.25, 0.3) is 0 Å². The molecular formula is C12H17NO3. The summed E-state index contributed by atoms with van der Waals surface area (Å²) in [6.45, 7) is 3.19. The highest BCUT2D eigenvalue weighted by Gasteiger charge is 2.26. The number of nitrogens with one attached hydrogen (secondary N) is 1. The molecule has 0 spiro atoms. The Morgan fingerprint density at radius 1 is 1.38 bits per heavy atom. The van der Waals surface area contributed by atoms with Gasteiger partial charge in [0, 0.05) is 5.69 Å². The number of hydrogen-bond donors (Lipinski definition) is 2. The summed E-state index contributed by atoms with van der Waals surface area (Å²) in [7, 11) is 1.59. The quantitative estimate of drug-likeness (QED) is 0.816. The van der Waals surface area contributed by atoms with Crippen LogP contribution in [0.4, 0.5) is 5.69 Å². The average Bonchev–Trinajstić information content (AvgIpc) is 2.30. The van der Waals surface area contributed by atoms with Crippen molar-refractivity contribution in [2.24, 2.45) is 5.41 Å². The number of benzene rings is 1. The van der Waals surface area contributed by atoms with Crippen molar-refractivity contribution in [3.05, 3.63) is 24.3 Å². The third-order valence-electron chi connectivity index (χ3n) is 2.36. The normalized spacial score (nSPS) is 11.0. The van der Waals surface area contributed by atoms with E-state index < -0.39 is 5.41 Å². The molecule has 0 aliphatic heterocycles. The monoisotopic (exact) mass is 223 g/mol. The number of ether oxygens (including phenoxy) is 1. The summed E-state index contributed by atoms with van der Waals surface area (Å²) in [6, 6.07) is 7.04. The van der Waals surface area contributed by atoms with Crippen molar-refractivity contribution in [3.63, 3.8) is 0 Å². The zero-order valence-corrected chi connectivity index (χ0v) is 9.78. The summed E-state index contributed by atoms with van der Waals surface area (Å²) in [4.78, 5) is 11.7. The first kappa shape index (κ1) is 12.5. The van der Waals surface area contributed by atoms with Gasteiger partial charge in [0.1, 0.15) is 5.75 Å². The number of hydrogen-bond acceptors (Lipinski definition) is 3. The van der Waals surface area contributed by atoms with Gasteiger partial charge in [0.2, 0.25) is 5.91 Å². The summed E-state index contributed by atoms with van der Waals surface area (Å²) in [6.07, 6.45) is 0. The Kier molecular flexibility index (Phi) is 3.90. The molecule has 0 aliphatic carbocycles. The molecule has 4 heteroatoms. The van der Waals surface area contributed by atoms with Crippen LogP contribution in [0.15, 0.2) is 24.3 Å². The van der Waals surface area contributed by atoms with E-state index in [4.69, 9.17) is 9.84 Å². The molecule has 0 bridgehead atoms. The van der Waals surface area contributed by atoms with Crippen LogP contribution in [-0.4, -0.2) is 24.7 Å². The molecule has 1 amide bonds. The van der Waals surface area contributed by atoms with Gasteiger partial charge in [-0.2, -0.15) is 0 Å². The molecule has 1 aromatic carbocycles. The third-order valence-corrected chi connectivity index (χ3v) is 2.36. The number of amides is 1. The smallest absolute Gasteiger partial charge is 0.232 e. The van der Waals surface area contributed by atoms with Crippen LogP contribution in [0.1, 0.15) is 13.8 Å². The zero-order valence-electron chi connectivity index (χ0n) is 9.78. The Morgan fingerprint density at radius 3 is 2.38 bits per heavy atom. The van der Waals surface area contributed by atoms with Crippen molar-refractivity contribution >= 4 is 11.6 Å². The number of rotatable bonds is 4. The molecule has 88 valence electrons. The van der Waals surface area contributed by atoms with Gasteiger partial charge in [-0.05, 0) is 38.1 Å². The molecule has 0 heterocycles. The van der Waals surface area contributed by atoms with Crippen molar-refractivity contribution in [2.45, 2.75) is 13.8 Å². The first-order valence-electron chi connectivity index (χ1n) is 5.06. The van der Waals surface area contributed by atoms with Gasteiger partial charge < -0.3 is 15.2 Å². The predicted molar refractivity (Wildman–Crippen MR) is 62.5 cm³/mol. The molecule has 0 saturated heterocycles. The van der Waals surface area contributed by atoms with Crippen LogP contribution >= 0.6 is 0 Å². The van der Waals surface area contributed by atoms with Crippen molar-refractivity contribution in [1.82, 2.24) is 0 Å². The molecule has 0 radical (unpaired) electrons. The lowest BCUT2D eigenvalue weighted by molar-refractivity contribution is -0.125. The second-order valence-corrected chi connectivity index (χ2v) is 4.22. The van der Waals surface area contributed by atoms with E-state index in [0.29, 0.717) is 5.69 Å². The minimum Gasteiger partial charge on any atom is -0.497 e. The van der Waals surface area contributed by atoms with Gasteiger partial charge in [-0.15, -0.1) is 0 Å². The molecule has 0 unspecified atom stereocenters. The van der Waals surface area contributed by atoms with Crippen LogP contribution in [0.2, 0.25) is 0 Å². The van der Waals surface area contributed by atoms with Gasteiger partial charge in [-0.25, -0.2) is 0 Å². The van der Waals surface area contributed by atoms with Gasteiger partial charge in [0.15, 0.2) is 0 Å². The first-order chi connectivity index (χ1) is 7.49. The fraction of sp³-hybridized carbons (Fsp3) is 0.417. The van der Waals surface area contributed by atoms with Crippen LogP contribution < -0.4 is 10.1 Å². The standard InChI is InChI=1S/C12H17NO3/c1-12(2,8-14)11(15)13-9-4-6-10(16-3)7-5-9/h4-7,14H,8H2,1-3H3,(H,13,15). The van der Waals surface area contributed by atoms with Crippen LogP contribution in [-0.2, 0) is 4.79 Å². The summed E-state index contributed by atoms with van der Waals surface area (Å²) in [5.74, 6) is 0.527. The number of carbonyl (C=O) groups excluding carboxylic acids is 1. The highest BCUT2D eigenvalue weighted by atomic mass is 16.5. The van der Waals surface area contributed by atoms with E-state index in [0.717, 1.165) is 5.75 Å². The minimum absolute atomic E-state index is 0.186. The van der Waals surface area contributed by atoms with Crippen LogP contribution in [0, 0.1) is 5.41 Å². The predicted octanol–water partition coefficient (Wildman–Crippen LogP) is 1.65. The molecule has 0 aliphatic rings. The van der Waals surface area contributed by atoms with E-state index >= 15 is 0 Å². The molecule has 4 nitrogen and oxygen atoms in total. The summed E-state index contributed by atoms with van der Waals surface area (Å²) in [5, 5.41) is 11.8. The van der Waals surface area contributed by atoms with Crippen LogP contribution in [0.25, 0.3) is 0 Å². The molecule has 16 heavy (non-hydrogen) atoms.